The average Bonchev–Trinajstić information content (AvgIpc) is 3.08. The fraction of sp³-hybridized carbons (Fsp3) is 0.286. The van der Waals surface area contributed by atoms with Gasteiger partial charge in [-0.05, 0) is 49.3 Å². The van der Waals surface area contributed by atoms with Crippen LogP contribution in [0.2, 0.25) is 0 Å². The number of rotatable bonds is 4. The van der Waals surface area contributed by atoms with Crippen molar-refractivity contribution in [2.75, 3.05) is 21.0 Å². The predicted molar refractivity (Wildman–Crippen MR) is 111 cm³/mol. The zero-order chi connectivity index (χ0) is 18.8. The zero-order valence-corrected chi connectivity index (χ0v) is 16.8. The number of nitrogens with zero attached hydrogens (tertiary/aromatic N) is 1. The number of ether oxygens (including phenoxy) is 4. The van der Waals surface area contributed by atoms with Crippen molar-refractivity contribution in [3.05, 3.63) is 53.1 Å². The maximum Gasteiger partial charge on any atom is 0.231 e. The van der Waals surface area contributed by atoms with E-state index in [1.807, 2.05) is 36.4 Å². The van der Waals surface area contributed by atoms with Crippen LogP contribution in [0.5, 0.6) is 23.0 Å². The third-order valence-electron chi connectivity index (χ3n) is 4.66. The zero-order valence-electron chi connectivity index (χ0n) is 16.0. The van der Waals surface area contributed by atoms with E-state index < -0.39 is 0 Å². The van der Waals surface area contributed by atoms with Crippen molar-refractivity contribution in [2.24, 2.45) is 5.10 Å². The van der Waals surface area contributed by atoms with E-state index in [1.54, 1.807) is 14.2 Å². The third kappa shape index (κ3) is 3.73. The highest BCUT2D eigenvalue weighted by Gasteiger charge is 2.22. The fourth-order valence-electron chi connectivity index (χ4n) is 3.35. The Morgan fingerprint density at radius 3 is 2.64 bits per heavy atom. The molecule has 148 valence electrons. The van der Waals surface area contributed by atoms with Crippen LogP contribution in [-0.2, 0) is 6.42 Å². The lowest BCUT2D eigenvalue weighted by Crippen LogP contribution is -2.21. The summed E-state index contributed by atoms with van der Waals surface area (Å²) in [6.45, 7) is 2.37. The summed E-state index contributed by atoms with van der Waals surface area (Å²) >= 11 is 0. The van der Waals surface area contributed by atoms with Crippen LogP contribution in [0.4, 0.5) is 0 Å². The molecule has 0 aliphatic carbocycles. The van der Waals surface area contributed by atoms with Crippen molar-refractivity contribution in [3.63, 3.8) is 0 Å². The van der Waals surface area contributed by atoms with E-state index in [1.165, 1.54) is 5.56 Å². The maximum absolute atomic E-state index is 5.55. The first-order chi connectivity index (χ1) is 13.2. The van der Waals surface area contributed by atoms with Gasteiger partial charge in [-0.15, -0.1) is 12.4 Å². The van der Waals surface area contributed by atoms with Gasteiger partial charge in [-0.3, -0.25) is 0 Å². The highest BCUT2D eigenvalue weighted by Crippen LogP contribution is 2.36. The molecule has 4 rings (SSSR count). The second kappa shape index (κ2) is 8.44. The molecule has 0 spiro atoms. The van der Waals surface area contributed by atoms with Gasteiger partial charge in [-0.1, -0.05) is 12.1 Å². The van der Waals surface area contributed by atoms with Gasteiger partial charge in [-0.25, -0.2) is 0 Å². The van der Waals surface area contributed by atoms with Crippen LogP contribution < -0.4 is 24.4 Å². The molecule has 0 fully saturated rings. The van der Waals surface area contributed by atoms with E-state index in [-0.39, 0.29) is 25.2 Å². The molecule has 1 atom stereocenters. The lowest BCUT2D eigenvalue weighted by atomic mass is 9.97. The van der Waals surface area contributed by atoms with Gasteiger partial charge < -0.3 is 24.4 Å². The molecule has 7 heteroatoms. The highest BCUT2D eigenvalue weighted by molar-refractivity contribution is 6.12. The molecule has 0 bridgehead atoms. The lowest BCUT2D eigenvalue weighted by Gasteiger charge is -2.11. The summed E-state index contributed by atoms with van der Waals surface area (Å²) in [6.07, 6.45) is 4.81. The Morgan fingerprint density at radius 2 is 1.89 bits per heavy atom. The van der Waals surface area contributed by atoms with Crippen LogP contribution in [0.15, 0.2) is 41.5 Å². The van der Waals surface area contributed by atoms with Crippen LogP contribution in [0, 0.1) is 0 Å². The van der Waals surface area contributed by atoms with Crippen LogP contribution in [0.1, 0.15) is 23.6 Å². The monoisotopic (exact) mass is 402 g/mol. The molecule has 0 amide bonds. The largest absolute Gasteiger partial charge is 0.493 e. The quantitative estimate of drug-likeness (QED) is 0.842. The Kier molecular flexibility index (Phi) is 5.99. The molecule has 0 saturated heterocycles. The number of allylic oxidation sites excluding steroid dienone is 1. The summed E-state index contributed by atoms with van der Waals surface area (Å²) in [7, 11) is 3.27. The fourth-order valence-corrected chi connectivity index (χ4v) is 3.35. The van der Waals surface area contributed by atoms with E-state index in [2.05, 4.69) is 23.5 Å². The Morgan fingerprint density at radius 1 is 1.11 bits per heavy atom. The van der Waals surface area contributed by atoms with Crippen molar-refractivity contribution in [1.82, 2.24) is 5.43 Å². The number of benzene rings is 2. The van der Waals surface area contributed by atoms with Gasteiger partial charge in [0, 0.05) is 17.2 Å². The summed E-state index contributed by atoms with van der Waals surface area (Å²) in [5.74, 6) is 2.93. The summed E-state index contributed by atoms with van der Waals surface area (Å²) in [6, 6.07) is 10.1. The van der Waals surface area contributed by atoms with Gasteiger partial charge in [0.15, 0.2) is 23.0 Å². The molecule has 2 aliphatic rings. The molecule has 2 aliphatic heterocycles. The van der Waals surface area contributed by atoms with Gasteiger partial charge in [0.1, 0.15) is 0 Å². The molecule has 0 aromatic heterocycles. The third-order valence-corrected chi connectivity index (χ3v) is 4.66. The van der Waals surface area contributed by atoms with Crippen LogP contribution in [0.3, 0.4) is 0 Å². The minimum absolute atomic E-state index is 0. The lowest BCUT2D eigenvalue weighted by molar-refractivity contribution is 0.174. The highest BCUT2D eigenvalue weighted by atomic mass is 35.5. The van der Waals surface area contributed by atoms with Gasteiger partial charge in [0.2, 0.25) is 6.79 Å². The molecule has 1 N–H and O–H groups in total. The van der Waals surface area contributed by atoms with Crippen LogP contribution >= 0.6 is 12.4 Å². The molecule has 28 heavy (non-hydrogen) atoms. The van der Waals surface area contributed by atoms with Crippen molar-refractivity contribution in [2.45, 2.75) is 19.4 Å². The summed E-state index contributed by atoms with van der Waals surface area (Å²) < 4.78 is 22.0. The Balaban J connectivity index is 0.00000225. The summed E-state index contributed by atoms with van der Waals surface area (Å²) in [5.41, 5.74) is 7.16. The van der Waals surface area contributed by atoms with Gasteiger partial charge in [-0.2, -0.15) is 5.10 Å². The number of hydrogen-bond donors (Lipinski definition) is 1. The molecule has 2 heterocycles. The van der Waals surface area contributed by atoms with E-state index >= 15 is 0 Å². The smallest absolute Gasteiger partial charge is 0.231 e. The Labute approximate surface area is 170 Å². The minimum Gasteiger partial charge on any atom is -0.493 e. The number of halogens is 1. The van der Waals surface area contributed by atoms with Crippen molar-refractivity contribution in [1.29, 1.82) is 0 Å². The summed E-state index contributed by atoms with van der Waals surface area (Å²) in [4.78, 5) is 0. The molecule has 6 nitrogen and oxygen atoms in total. The Hall–Kier alpha value is -2.86. The number of fused-ring (bicyclic) bond motifs is 2. The molecule has 2 aromatic carbocycles. The number of nitrogens with one attached hydrogen (secondary N) is 1. The number of hydrazone groups is 1. The number of hydrogen-bond acceptors (Lipinski definition) is 6. The number of methoxy groups -OCH3 is 2. The van der Waals surface area contributed by atoms with Crippen molar-refractivity contribution < 1.29 is 18.9 Å². The van der Waals surface area contributed by atoms with Gasteiger partial charge >= 0.3 is 0 Å². The molecule has 1 unspecified atom stereocenters. The van der Waals surface area contributed by atoms with Gasteiger partial charge in [0.25, 0.3) is 0 Å². The summed E-state index contributed by atoms with van der Waals surface area (Å²) in [5, 5.41) is 4.60. The van der Waals surface area contributed by atoms with Crippen molar-refractivity contribution in [3.8, 4) is 23.0 Å². The van der Waals surface area contributed by atoms with Crippen LogP contribution in [0.25, 0.3) is 6.08 Å². The second-order valence-corrected chi connectivity index (χ2v) is 6.51. The molecule has 0 saturated carbocycles. The molecule has 0 radical (unpaired) electrons. The van der Waals surface area contributed by atoms with E-state index in [9.17, 15) is 0 Å². The average molecular weight is 403 g/mol. The minimum atomic E-state index is 0. The maximum atomic E-state index is 5.55. The first-order valence-corrected chi connectivity index (χ1v) is 8.84. The second-order valence-electron chi connectivity index (χ2n) is 6.51. The molecule has 2 aromatic rings. The van der Waals surface area contributed by atoms with E-state index in [4.69, 9.17) is 18.9 Å². The number of para-hydroxylation sites is 1. The first kappa shape index (κ1) is 19.9. The molecular formula is C21H23ClN2O4. The normalized spacial score (nSPS) is 17.1. The van der Waals surface area contributed by atoms with Gasteiger partial charge in [0.05, 0.1) is 19.9 Å². The topological polar surface area (TPSA) is 61.3 Å². The Bertz CT molecular complexity index is 927. The van der Waals surface area contributed by atoms with E-state index in [0.29, 0.717) is 11.5 Å². The SMILES string of the molecule is COc1cccc(/C=C/C2=NNC(C)Cc3cc4c(cc32)OCO4)c1OC.Cl. The van der Waals surface area contributed by atoms with Crippen molar-refractivity contribution >= 4 is 24.2 Å². The van der Waals surface area contributed by atoms with E-state index in [0.717, 1.165) is 34.8 Å². The predicted octanol–water partition coefficient (Wildman–Crippen LogP) is 3.81. The standard InChI is InChI=1S/C21H22N2O4.ClH/c1-13-9-15-10-19-20(27-12-26-19)11-16(15)17(23-22-13)8-7-14-5-4-6-18(24-2)21(14)25-3;/h4-8,10-11,13,22H,9,12H2,1-3H3;1H/b8-7+;. The van der Waals surface area contributed by atoms with Crippen LogP contribution in [-0.4, -0.2) is 32.8 Å². The molecular weight excluding hydrogens is 380 g/mol. The first-order valence-electron chi connectivity index (χ1n) is 8.84.